The predicted octanol–water partition coefficient (Wildman–Crippen LogP) is 3.97. The molecule has 2 amide bonds. The van der Waals surface area contributed by atoms with Crippen molar-refractivity contribution < 1.29 is 32.4 Å². The Hall–Kier alpha value is -3.38. The summed E-state index contributed by atoms with van der Waals surface area (Å²) < 4.78 is 46.3. The topological polar surface area (TPSA) is 85.2 Å². The average molecular weight is 555 g/mol. The first-order chi connectivity index (χ1) is 18.0. The quantitative estimate of drug-likeness (QED) is 0.412. The number of nitrogens with zero attached hydrogens (tertiary/aromatic N) is 4. The minimum atomic E-state index is -2.89. The second-order valence-electron chi connectivity index (χ2n) is 9.43. The highest BCUT2D eigenvalue weighted by Crippen LogP contribution is 2.39. The van der Waals surface area contributed by atoms with Gasteiger partial charge in [0.15, 0.2) is 10.9 Å². The van der Waals surface area contributed by atoms with E-state index in [1.807, 2.05) is 4.90 Å². The van der Waals surface area contributed by atoms with Crippen LogP contribution in [0.2, 0.25) is 5.02 Å². The number of alkyl halides is 2. The van der Waals surface area contributed by atoms with Gasteiger partial charge < -0.3 is 10.1 Å². The van der Waals surface area contributed by atoms with Gasteiger partial charge in [-0.2, -0.15) is 0 Å². The molecule has 0 aromatic heterocycles. The Kier molecular flexibility index (Phi) is 8.12. The van der Waals surface area contributed by atoms with Crippen LogP contribution < -0.4 is 10.3 Å². The average Bonchev–Trinajstić information content (AvgIpc) is 2.85. The predicted molar refractivity (Wildman–Crippen MR) is 133 cm³/mol. The molecule has 1 heterocycles. The Labute approximate surface area is 222 Å². The van der Waals surface area contributed by atoms with E-state index in [0.717, 1.165) is 11.1 Å². The van der Waals surface area contributed by atoms with Crippen molar-refractivity contribution in [2.75, 3.05) is 38.8 Å². The lowest BCUT2D eigenvalue weighted by molar-refractivity contribution is -0.623. The van der Waals surface area contributed by atoms with E-state index in [4.69, 9.17) is 16.3 Å². The Balaban J connectivity index is 1.81. The van der Waals surface area contributed by atoms with Crippen LogP contribution in [-0.4, -0.2) is 78.6 Å². The molecule has 0 unspecified atom stereocenters. The third-order valence-electron chi connectivity index (χ3n) is 6.64. The second-order valence-corrected chi connectivity index (χ2v) is 9.83. The highest BCUT2D eigenvalue weighted by molar-refractivity contribution is 6.31. The van der Waals surface area contributed by atoms with Crippen LogP contribution in [0.1, 0.15) is 24.4 Å². The van der Waals surface area contributed by atoms with Gasteiger partial charge in [-0.05, 0) is 25.2 Å². The first-order valence-corrected chi connectivity index (χ1v) is 12.4. The molecule has 13 heteroatoms. The maximum atomic E-state index is 14.4. The molecule has 0 spiro atoms. The molecule has 2 aromatic rings. The highest BCUT2D eigenvalue weighted by atomic mass is 35.5. The van der Waals surface area contributed by atoms with Crippen molar-refractivity contribution in [1.82, 2.24) is 15.1 Å². The highest BCUT2D eigenvalue weighted by Gasteiger charge is 2.51. The van der Waals surface area contributed by atoms with E-state index in [0.29, 0.717) is 11.4 Å². The van der Waals surface area contributed by atoms with Crippen LogP contribution >= 0.6 is 11.6 Å². The fourth-order valence-corrected chi connectivity index (χ4v) is 4.92. The van der Waals surface area contributed by atoms with Crippen molar-refractivity contribution in [2.24, 2.45) is 0 Å². The van der Waals surface area contributed by atoms with Gasteiger partial charge >= 0.3 is 12.3 Å². The zero-order valence-electron chi connectivity index (χ0n) is 20.8. The summed E-state index contributed by atoms with van der Waals surface area (Å²) in [5.41, 5.74) is 0.189. The van der Waals surface area contributed by atoms with Gasteiger partial charge in [-0.25, -0.2) is 22.9 Å². The molecular weight excluding hydrogens is 527 g/mol. The third-order valence-corrected chi connectivity index (χ3v) is 6.98. The number of anilines is 1. The van der Waals surface area contributed by atoms with Gasteiger partial charge in [0, 0.05) is 48.6 Å². The van der Waals surface area contributed by atoms with E-state index in [9.17, 15) is 27.7 Å². The number of rotatable bonds is 7. The van der Waals surface area contributed by atoms with Crippen molar-refractivity contribution in [1.29, 1.82) is 0 Å². The fourth-order valence-electron chi connectivity index (χ4n) is 4.68. The van der Waals surface area contributed by atoms with Crippen LogP contribution in [0.15, 0.2) is 48.5 Å². The molecule has 2 aliphatic rings. The van der Waals surface area contributed by atoms with Crippen LogP contribution in [0.3, 0.4) is 0 Å². The van der Waals surface area contributed by atoms with Crippen LogP contribution in [-0.2, 0) is 9.53 Å². The number of carbonyl (C=O) groups excluding carboxylic acids is 2. The van der Waals surface area contributed by atoms with Crippen molar-refractivity contribution in [3.05, 3.63) is 69.8 Å². The Bertz CT molecular complexity index is 1210. The van der Waals surface area contributed by atoms with Gasteiger partial charge in [0.2, 0.25) is 0 Å². The maximum Gasteiger partial charge on any atom is 0.414 e. The number of methoxy groups -OCH3 is 1. The summed E-state index contributed by atoms with van der Waals surface area (Å²) in [6, 6.07) is 9.00. The summed E-state index contributed by atoms with van der Waals surface area (Å²) in [5, 5.41) is 3.71. The Morgan fingerprint density at radius 2 is 1.89 bits per heavy atom. The molecule has 1 saturated carbocycles. The molecule has 2 fully saturated rings. The molecular formula is C25H28ClF3N5O4+. The summed E-state index contributed by atoms with van der Waals surface area (Å²) in [5.74, 6) is -4.35. The summed E-state index contributed by atoms with van der Waals surface area (Å²) in [6.45, 7) is 0.698. The third kappa shape index (κ3) is 5.86. The second kappa shape index (κ2) is 11.2. The van der Waals surface area contributed by atoms with Crippen molar-refractivity contribution in [3.63, 3.8) is 0 Å². The first-order valence-electron chi connectivity index (χ1n) is 12.0. The molecule has 1 saturated heterocycles. The lowest BCUT2D eigenvalue weighted by Crippen LogP contribution is -2.62. The summed E-state index contributed by atoms with van der Waals surface area (Å²) in [6.07, 6.45) is -3.01. The number of nitrogens with one attached hydrogen (secondary N) is 1. The largest absolute Gasteiger partial charge is 0.453 e. The van der Waals surface area contributed by atoms with Crippen LogP contribution in [0.5, 0.6) is 0 Å². The molecule has 9 nitrogen and oxygen atoms in total. The number of ether oxygens (including phenoxy) is 1. The molecule has 1 aliphatic carbocycles. The van der Waals surface area contributed by atoms with Crippen LogP contribution in [0.25, 0.3) is 0 Å². The molecule has 4 rings (SSSR count). The van der Waals surface area contributed by atoms with Crippen molar-refractivity contribution in [3.8, 4) is 0 Å². The smallest absolute Gasteiger partial charge is 0.414 e. The van der Waals surface area contributed by atoms with E-state index in [2.05, 4.69) is 5.32 Å². The number of likely N-dealkylation sites (N-methyl/N-ethyl adjacent to an activating group) is 1. The summed E-state index contributed by atoms with van der Waals surface area (Å²) >= 11 is 6.46. The summed E-state index contributed by atoms with van der Waals surface area (Å²) in [7, 11) is 2.95. The zero-order valence-corrected chi connectivity index (χ0v) is 21.6. The first kappa shape index (κ1) is 27.6. The van der Waals surface area contributed by atoms with E-state index < -0.39 is 54.8 Å². The standard InChI is InChI=1S/C25H27ClF3N5O4/c1-31-10-11-32(24(36)38-2)21(15-31)34(37)33(18-7-5-6-16(27)12-18)22(19-8-3-4-9-20(19)26)23(35)30-17-13-25(28,29)14-17/h3-9,12,17,21-22H,10-11,13-15H2,1-2H3/p+1/t21-,22+/m1/s1. The van der Waals surface area contributed by atoms with Gasteiger partial charge in [-0.3, -0.25) is 9.69 Å². The van der Waals surface area contributed by atoms with Gasteiger partial charge in [-0.15, -0.1) is 0 Å². The lowest BCUT2D eigenvalue weighted by Gasteiger charge is -2.38. The van der Waals surface area contributed by atoms with E-state index in [-0.39, 0.29) is 29.4 Å². The molecule has 0 radical (unpaired) electrons. The summed E-state index contributed by atoms with van der Waals surface area (Å²) in [4.78, 5) is 43.9. The van der Waals surface area contributed by atoms with Gasteiger partial charge in [0.25, 0.3) is 11.8 Å². The Morgan fingerprint density at radius 1 is 1.18 bits per heavy atom. The van der Waals surface area contributed by atoms with E-state index >= 15 is 0 Å². The monoisotopic (exact) mass is 554 g/mol. The number of hydrazine groups is 1. The van der Waals surface area contributed by atoms with Crippen molar-refractivity contribution in [2.45, 2.75) is 37.0 Å². The number of amides is 2. The van der Waals surface area contributed by atoms with Crippen LogP contribution in [0, 0.1) is 10.7 Å². The number of nitroso groups, excluding NO2 is 1. The number of hydrogen-bond acceptors (Lipinski definition) is 5. The number of carbonyl (C=O) groups is 2. The molecule has 2 aromatic carbocycles. The number of piperazine rings is 1. The molecule has 2 atom stereocenters. The van der Waals surface area contributed by atoms with Gasteiger partial charge in [-0.1, -0.05) is 40.9 Å². The Morgan fingerprint density at radius 3 is 2.53 bits per heavy atom. The normalized spacial score (nSPS) is 20.3. The zero-order chi connectivity index (χ0) is 27.6. The van der Waals surface area contributed by atoms with Crippen molar-refractivity contribution >= 4 is 29.3 Å². The molecule has 0 bridgehead atoms. The van der Waals surface area contributed by atoms with E-state index in [1.54, 1.807) is 19.2 Å². The minimum Gasteiger partial charge on any atom is -0.453 e. The number of benzene rings is 2. The van der Waals surface area contributed by atoms with E-state index in [1.165, 1.54) is 42.3 Å². The molecule has 38 heavy (non-hydrogen) atoms. The molecule has 1 aliphatic heterocycles. The van der Waals surface area contributed by atoms with Gasteiger partial charge in [0.05, 0.1) is 18.6 Å². The lowest BCUT2D eigenvalue weighted by atomic mass is 9.88. The van der Waals surface area contributed by atoms with Crippen LogP contribution in [0.4, 0.5) is 23.7 Å². The molecule has 1 N–H and O–H groups in total. The number of hydrogen-bond donors (Lipinski definition) is 1. The number of halogens is 4. The molecule has 204 valence electrons. The maximum absolute atomic E-state index is 14.4. The fraction of sp³-hybridized carbons (Fsp3) is 0.440. The minimum absolute atomic E-state index is 0.00273. The SMILES string of the molecule is COC(=O)N1CCN(C)C[C@H]1[N+](=O)N(c1cccc(F)c1)[C@H](C(=O)NC1CC(F)(F)C1)c1ccccc1Cl. The van der Waals surface area contributed by atoms with Gasteiger partial charge in [0.1, 0.15) is 11.5 Å².